The minimum Gasteiger partial charge on any atom is -0.309 e. The summed E-state index contributed by atoms with van der Waals surface area (Å²) in [5.74, 6) is 1.88. The summed E-state index contributed by atoms with van der Waals surface area (Å²) >= 11 is 0. The number of aromatic nitrogens is 11. The van der Waals surface area contributed by atoms with Crippen molar-refractivity contribution in [1.82, 2.24) is 51.9 Å². The molecular formula is C138H117N11. The molecule has 29 rings (SSSR count). The highest BCUT2D eigenvalue weighted by Crippen LogP contribution is 2.43. The molecule has 0 spiro atoms. The zero-order chi connectivity index (χ0) is 102. The molecule has 724 valence electrons. The van der Waals surface area contributed by atoms with Gasteiger partial charge in [-0.3, -0.25) is 19.1 Å². The van der Waals surface area contributed by atoms with Crippen molar-refractivity contribution in [1.29, 1.82) is 0 Å². The van der Waals surface area contributed by atoms with Gasteiger partial charge in [-0.25, -0.2) is 9.97 Å². The molecule has 0 radical (unpaired) electrons. The Morgan fingerprint density at radius 3 is 0.738 bits per heavy atom. The van der Waals surface area contributed by atoms with Crippen molar-refractivity contribution in [2.24, 2.45) is 0 Å². The fourth-order valence-electron chi connectivity index (χ4n) is 20.8. The molecule has 18 aromatic carbocycles. The number of rotatable bonds is 10. The fraction of sp³-hybridized carbons (Fsp3) is 0.0725. The number of fused-ring (bicyclic) bond motifs is 21. The van der Waals surface area contributed by atoms with Gasteiger partial charge in [-0.1, -0.05) is 385 Å². The van der Waals surface area contributed by atoms with Crippen LogP contribution in [0.15, 0.2) is 528 Å². The summed E-state index contributed by atoms with van der Waals surface area (Å²) in [5.41, 5.74) is 29.4. The van der Waals surface area contributed by atoms with Crippen LogP contribution >= 0.6 is 0 Å². The topological polar surface area (TPSA) is 86.1 Å². The molecule has 0 aliphatic carbocycles. The molecule has 0 atom stereocenters. The Kier molecular flexibility index (Phi) is 29.7. The SMILES string of the molecule is CC.CC.CC.CC.CC.c1ccc(-c2cccc(-n3c4ccccc4c4ccccc43)c2)nc1.c1ccc(-c2cccc(-n3c4ccccc4c4ccccc43)n2)cc1.c1ccc(-n2c3ccccc3c3cc(-n4c5ccccc5c5ccccc54)ccc32)cc1.c1ccc(-n2c3ccccc3c3cc(-n4c5ccccc5c5ccccc54)ccc32)nc1.c1cncc(-c2cccc(-n3c4ccccc4c4ccccc43)c2)c1. The van der Waals surface area contributed by atoms with Crippen molar-refractivity contribution < 1.29 is 0 Å². The van der Waals surface area contributed by atoms with Crippen LogP contribution in [0.2, 0.25) is 0 Å². The maximum atomic E-state index is 4.95. The number of pyridine rings is 4. The monoisotopic (exact) mass is 1930 g/mol. The highest BCUT2D eigenvalue weighted by Gasteiger charge is 2.22. The van der Waals surface area contributed by atoms with Crippen LogP contribution in [0.25, 0.3) is 226 Å². The molecule has 0 amide bonds. The van der Waals surface area contributed by atoms with E-state index in [0.29, 0.717) is 0 Å². The van der Waals surface area contributed by atoms with Crippen molar-refractivity contribution in [2.75, 3.05) is 0 Å². The quantitative estimate of drug-likeness (QED) is 0.137. The summed E-state index contributed by atoms with van der Waals surface area (Å²) in [6, 6.07) is 177. The summed E-state index contributed by atoms with van der Waals surface area (Å²) in [7, 11) is 0. The molecule has 0 aliphatic heterocycles. The van der Waals surface area contributed by atoms with E-state index in [1.807, 2.05) is 142 Å². The minimum absolute atomic E-state index is 0.934. The van der Waals surface area contributed by atoms with Gasteiger partial charge in [0.25, 0.3) is 0 Å². The highest BCUT2D eigenvalue weighted by atomic mass is 15.1. The molecule has 0 N–H and O–H groups in total. The third-order valence-corrected chi connectivity index (χ3v) is 26.8. The summed E-state index contributed by atoms with van der Waals surface area (Å²) in [6.07, 6.45) is 7.40. The normalized spacial score (nSPS) is 10.9. The van der Waals surface area contributed by atoms with Crippen molar-refractivity contribution in [3.8, 4) is 73.7 Å². The van der Waals surface area contributed by atoms with Gasteiger partial charge in [-0.05, 0) is 194 Å². The van der Waals surface area contributed by atoms with E-state index in [1.165, 1.54) is 175 Å². The molecule has 0 fully saturated rings. The number of nitrogens with zero attached hydrogens (tertiary/aromatic N) is 11. The average Bonchev–Trinajstić information content (AvgIpc) is 1.56. The van der Waals surface area contributed by atoms with E-state index in [-0.39, 0.29) is 0 Å². The van der Waals surface area contributed by atoms with Gasteiger partial charge in [-0.2, -0.15) is 0 Å². The molecule has 149 heavy (non-hydrogen) atoms. The van der Waals surface area contributed by atoms with Crippen LogP contribution in [-0.4, -0.2) is 51.9 Å². The van der Waals surface area contributed by atoms with Crippen molar-refractivity contribution in [3.05, 3.63) is 528 Å². The molecule has 0 aliphatic rings. The maximum absolute atomic E-state index is 4.95. The Labute approximate surface area is 869 Å². The van der Waals surface area contributed by atoms with Gasteiger partial charge in [-0.15, -0.1) is 0 Å². The smallest absolute Gasteiger partial charge is 0.138 e. The first kappa shape index (κ1) is 97.6. The predicted molar refractivity (Wildman–Crippen MR) is 637 cm³/mol. The zero-order valence-corrected chi connectivity index (χ0v) is 85.6. The molecule has 11 heteroatoms. The van der Waals surface area contributed by atoms with Crippen LogP contribution in [0.4, 0.5) is 0 Å². The first-order valence-electron chi connectivity index (χ1n) is 52.1. The first-order valence-corrected chi connectivity index (χ1v) is 52.1. The minimum atomic E-state index is 0.934. The van der Waals surface area contributed by atoms with E-state index in [0.717, 1.165) is 50.9 Å². The Hall–Kier alpha value is -18.8. The molecule has 11 heterocycles. The Bertz CT molecular complexity index is 8670. The lowest BCUT2D eigenvalue weighted by Gasteiger charge is -2.10. The standard InChI is InChI=1S/C30H20N2.C29H19N3.3C23H16N2.5C2H6/c1-2-10-21(11-3-1)31-29-17-9-6-14-25(29)26-20-22(18-19-30(26)31)32-27-15-7-4-12-23(27)24-13-5-8-16-28(24)32;1-4-12-25-21(9-1)22-10-2-5-13-26(22)31(25)20-16-17-28-24(19-20)23-11-3-6-14-27(23)32(28)29-15-7-8-18-30-29;1-3-12-22-20(10-1)21-11-2-4-13-23(21)25(22)19-9-5-7-17(15-19)18-8-6-14-24-16-18;1-3-13-22-19(10-1)20-11-2-4-14-23(20)25(22)18-9-7-8-17(16-18)21-12-5-6-15-24-21;1-2-9-17(10-3-1)20-13-8-16-23(24-20)25-21-14-6-4-11-18(21)19-12-5-7-15-22(19)25;5*1-2/h1-20H;1-19H;3*1-16H;5*1-2H3. The predicted octanol–water partition coefficient (Wildman–Crippen LogP) is 37.8. The summed E-state index contributed by atoms with van der Waals surface area (Å²) < 4.78 is 16.3. The van der Waals surface area contributed by atoms with E-state index < -0.39 is 0 Å². The Morgan fingerprint density at radius 1 is 0.141 bits per heavy atom. The molecule has 0 saturated heterocycles. The number of benzene rings is 18. The lowest BCUT2D eigenvalue weighted by atomic mass is 10.1. The van der Waals surface area contributed by atoms with Crippen LogP contribution in [0.1, 0.15) is 69.2 Å². The second-order valence-electron chi connectivity index (χ2n) is 34.8. The van der Waals surface area contributed by atoms with Gasteiger partial charge in [0, 0.05) is 145 Å². The lowest BCUT2D eigenvalue weighted by molar-refractivity contribution is 1.08. The van der Waals surface area contributed by atoms with Crippen LogP contribution in [0.5, 0.6) is 0 Å². The Balaban J connectivity index is 0.000000111. The molecule has 11 nitrogen and oxygen atoms in total. The van der Waals surface area contributed by atoms with Crippen molar-refractivity contribution in [3.63, 3.8) is 0 Å². The first-order chi connectivity index (χ1) is 74.0. The van der Waals surface area contributed by atoms with Gasteiger partial charge in [0.1, 0.15) is 11.6 Å². The summed E-state index contributed by atoms with van der Waals surface area (Å²) in [4.78, 5) is 18.3. The van der Waals surface area contributed by atoms with E-state index in [9.17, 15) is 0 Å². The van der Waals surface area contributed by atoms with Crippen LogP contribution in [-0.2, 0) is 0 Å². The molecular weight excluding hydrogens is 1810 g/mol. The second kappa shape index (κ2) is 45.4. The summed E-state index contributed by atoms with van der Waals surface area (Å²) in [6.45, 7) is 20.0. The highest BCUT2D eigenvalue weighted by molar-refractivity contribution is 6.16. The molecule has 0 unspecified atom stereocenters. The van der Waals surface area contributed by atoms with E-state index in [4.69, 9.17) is 4.98 Å². The van der Waals surface area contributed by atoms with Gasteiger partial charge in [0.2, 0.25) is 0 Å². The number of hydrogen-bond acceptors (Lipinski definition) is 4. The lowest BCUT2D eigenvalue weighted by Crippen LogP contribution is -1.98. The van der Waals surface area contributed by atoms with Gasteiger partial charge >= 0.3 is 0 Å². The molecule has 11 aromatic heterocycles. The Morgan fingerprint density at radius 2 is 0.389 bits per heavy atom. The van der Waals surface area contributed by atoms with Crippen molar-refractivity contribution in [2.45, 2.75) is 69.2 Å². The third-order valence-electron chi connectivity index (χ3n) is 26.8. The third kappa shape index (κ3) is 18.8. The summed E-state index contributed by atoms with van der Waals surface area (Å²) in [5, 5.41) is 17.8. The van der Waals surface area contributed by atoms with Crippen LogP contribution in [0, 0.1) is 0 Å². The van der Waals surface area contributed by atoms with Gasteiger partial charge in [0.15, 0.2) is 0 Å². The molecule has 0 saturated carbocycles. The van der Waals surface area contributed by atoms with Crippen molar-refractivity contribution >= 4 is 153 Å². The van der Waals surface area contributed by atoms with Crippen LogP contribution in [0.3, 0.4) is 0 Å². The number of para-hydroxylation sites is 13. The van der Waals surface area contributed by atoms with Gasteiger partial charge in [0.05, 0.1) is 88.6 Å². The van der Waals surface area contributed by atoms with E-state index in [2.05, 4.69) is 496 Å². The molecule has 29 aromatic rings. The average molecular weight is 1930 g/mol. The fourth-order valence-corrected chi connectivity index (χ4v) is 20.8. The molecule has 0 bridgehead atoms. The van der Waals surface area contributed by atoms with E-state index >= 15 is 0 Å². The largest absolute Gasteiger partial charge is 0.309 e. The second-order valence-corrected chi connectivity index (χ2v) is 34.8. The zero-order valence-electron chi connectivity index (χ0n) is 85.6. The maximum Gasteiger partial charge on any atom is 0.138 e. The van der Waals surface area contributed by atoms with Gasteiger partial charge < -0.3 is 22.8 Å². The van der Waals surface area contributed by atoms with Crippen LogP contribution < -0.4 is 0 Å². The number of hydrogen-bond donors (Lipinski definition) is 0. The van der Waals surface area contributed by atoms with E-state index in [1.54, 1.807) is 6.20 Å².